The largest absolute Gasteiger partial charge is 0.496 e. The number of nitrogen functional groups attached to an aromatic ring is 1. The molecule has 0 saturated carbocycles. The van der Waals surface area contributed by atoms with Crippen LogP contribution in [0.25, 0.3) is 0 Å². The van der Waals surface area contributed by atoms with Crippen molar-refractivity contribution in [1.29, 1.82) is 0 Å². The molecule has 0 aliphatic heterocycles. The van der Waals surface area contributed by atoms with E-state index in [4.69, 9.17) is 41.1 Å². The summed E-state index contributed by atoms with van der Waals surface area (Å²) in [7, 11) is -1.42. The zero-order valence-electron chi connectivity index (χ0n) is 11.6. The van der Waals surface area contributed by atoms with Crippen molar-refractivity contribution in [2.45, 2.75) is 13.3 Å². The Kier molecular flexibility index (Phi) is 11.3. The summed E-state index contributed by atoms with van der Waals surface area (Å²) in [5.41, 5.74) is 7.44. The van der Waals surface area contributed by atoms with Crippen LogP contribution in [0.5, 0.6) is 11.5 Å². The standard InChI is InChI=1S/C10H15NO2.H2O4S.O2S/c1-4-7-5-10(13-3)8(11)6-9(7)12-2;1-5(2,3)4;1-3-2/h5-6H,4,11H2,1-3H3;(H2,1,2,3,4);. The fourth-order valence-corrected chi connectivity index (χ4v) is 1.26. The Morgan fingerprint density at radius 3 is 1.81 bits per heavy atom. The Morgan fingerprint density at radius 2 is 1.52 bits per heavy atom. The average molecular weight is 343 g/mol. The fraction of sp³-hybridized carbons (Fsp3) is 0.400. The van der Waals surface area contributed by atoms with Crippen LogP contribution in [0.1, 0.15) is 12.5 Å². The summed E-state index contributed by atoms with van der Waals surface area (Å²) in [4.78, 5) is 0. The van der Waals surface area contributed by atoms with Gasteiger partial charge in [0.15, 0.2) is 0 Å². The minimum atomic E-state index is -4.67. The zero-order chi connectivity index (χ0) is 17.1. The highest BCUT2D eigenvalue weighted by atomic mass is 32.3. The number of anilines is 1. The minimum absolute atomic E-state index is 0.608. The van der Waals surface area contributed by atoms with Crippen molar-refractivity contribution in [1.82, 2.24) is 0 Å². The average Bonchev–Trinajstić information content (AvgIpc) is 2.37. The SMILES string of the molecule is CCc1cc(OC)c(N)cc1OC.O=S(=O)(O)O.O=S=O. The topological polar surface area (TPSA) is 153 Å². The van der Waals surface area contributed by atoms with E-state index in [1.165, 1.54) is 0 Å². The highest BCUT2D eigenvalue weighted by molar-refractivity contribution is 7.79. The molecule has 11 heteroatoms. The molecule has 1 aromatic rings. The van der Waals surface area contributed by atoms with E-state index >= 15 is 0 Å². The molecule has 0 aromatic heterocycles. The van der Waals surface area contributed by atoms with Crippen LogP contribution in [0.3, 0.4) is 0 Å². The van der Waals surface area contributed by atoms with Gasteiger partial charge in [0.05, 0.1) is 19.9 Å². The van der Waals surface area contributed by atoms with Crippen LogP contribution >= 0.6 is 0 Å². The van der Waals surface area contributed by atoms with Crippen LogP contribution in [0.4, 0.5) is 5.69 Å². The maximum atomic E-state index is 8.74. The van der Waals surface area contributed by atoms with Crippen LogP contribution in [0, 0.1) is 0 Å². The van der Waals surface area contributed by atoms with Gasteiger partial charge < -0.3 is 15.2 Å². The number of benzene rings is 1. The van der Waals surface area contributed by atoms with Gasteiger partial charge in [0, 0.05) is 6.07 Å². The molecule has 9 nitrogen and oxygen atoms in total. The molecular weight excluding hydrogens is 326 g/mol. The highest BCUT2D eigenvalue weighted by Crippen LogP contribution is 2.30. The first-order valence-corrected chi connectivity index (χ1v) is 7.32. The first-order valence-electron chi connectivity index (χ1n) is 5.26. The fourth-order valence-electron chi connectivity index (χ4n) is 1.26. The molecule has 1 aromatic carbocycles. The van der Waals surface area contributed by atoms with Gasteiger partial charge in [0.2, 0.25) is 0 Å². The molecule has 0 atom stereocenters. The van der Waals surface area contributed by atoms with Gasteiger partial charge in [-0.2, -0.15) is 16.8 Å². The van der Waals surface area contributed by atoms with E-state index in [2.05, 4.69) is 6.92 Å². The van der Waals surface area contributed by atoms with Crippen molar-refractivity contribution >= 4 is 27.7 Å². The van der Waals surface area contributed by atoms with E-state index in [0.717, 1.165) is 17.7 Å². The number of ether oxygens (including phenoxy) is 2. The Bertz CT molecular complexity index is 559. The van der Waals surface area contributed by atoms with Gasteiger partial charge in [0.25, 0.3) is 0 Å². The number of hydrogen-bond donors (Lipinski definition) is 3. The molecule has 0 saturated heterocycles. The van der Waals surface area contributed by atoms with Gasteiger partial charge in [-0.15, -0.1) is 0 Å². The molecule has 0 bridgehead atoms. The Hall–Kier alpha value is -1.69. The van der Waals surface area contributed by atoms with Gasteiger partial charge in [-0.25, -0.2) is 0 Å². The summed E-state index contributed by atoms with van der Waals surface area (Å²) in [5, 5.41) is 0. The number of rotatable bonds is 3. The number of methoxy groups -OCH3 is 2. The van der Waals surface area contributed by atoms with Crippen LogP contribution in [-0.2, 0) is 28.4 Å². The van der Waals surface area contributed by atoms with Crippen molar-refractivity contribution in [3.05, 3.63) is 17.7 Å². The van der Waals surface area contributed by atoms with Gasteiger partial charge >= 0.3 is 22.0 Å². The predicted octanol–water partition coefficient (Wildman–Crippen LogP) is 0.525. The molecule has 1 rings (SSSR count). The lowest BCUT2D eigenvalue weighted by molar-refractivity contribution is 0.381. The molecule has 0 aliphatic rings. The first-order chi connectivity index (χ1) is 9.64. The zero-order valence-corrected chi connectivity index (χ0v) is 13.2. The van der Waals surface area contributed by atoms with Crippen LogP contribution in [0.15, 0.2) is 12.1 Å². The monoisotopic (exact) mass is 343 g/mol. The van der Waals surface area contributed by atoms with Crippen molar-refractivity contribution in [2.24, 2.45) is 0 Å². The van der Waals surface area contributed by atoms with Gasteiger partial charge in [0.1, 0.15) is 11.5 Å². The third kappa shape index (κ3) is 11.8. The second-order valence-electron chi connectivity index (χ2n) is 3.28. The normalized spacial score (nSPS) is 9.38. The molecule has 0 radical (unpaired) electrons. The summed E-state index contributed by atoms with van der Waals surface area (Å²) in [6.45, 7) is 2.06. The lowest BCUT2D eigenvalue weighted by atomic mass is 10.1. The molecule has 0 heterocycles. The second kappa shape index (κ2) is 11.0. The molecule has 0 aliphatic carbocycles. The summed E-state index contributed by atoms with van der Waals surface area (Å²) < 4.78 is 58.5. The van der Waals surface area contributed by atoms with Crippen molar-refractivity contribution in [2.75, 3.05) is 20.0 Å². The molecular formula is C10H17NO8S2. The lowest BCUT2D eigenvalue weighted by Gasteiger charge is -2.11. The predicted molar refractivity (Wildman–Crippen MR) is 76.4 cm³/mol. The molecule has 0 amide bonds. The number of hydrogen-bond acceptors (Lipinski definition) is 7. The van der Waals surface area contributed by atoms with E-state index in [1.54, 1.807) is 20.3 Å². The third-order valence-electron chi connectivity index (χ3n) is 2.01. The maximum absolute atomic E-state index is 8.74. The Balaban J connectivity index is 0. The smallest absolute Gasteiger partial charge is 0.394 e. The van der Waals surface area contributed by atoms with Crippen LogP contribution < -0.4 is 15.2 Å². The van der Waals surface area contributed by atoms with Crippen molar-refractivity contribution < 1.29 is 35.4 Å². The summed E-state index contributed by atoms with van der Waals surface area (Å²) in [5.74, 6) is 1.53. The van der Waals surface area contributed by atoms with E-state index in [1.807, 2.05) is 6.07 Å². The van der Waals surface area contributed by atoms with Gasteiger partial charge in [-0.05, 0) is 18.1 Å². The molecule has 0 fully saturated rings. The number of nitrogens with two attached hydrogens (primary N) is 1. The first kappa shape index (κ1) is 21.6. The second-order valence-corrected chi connectivity index (χ2v) is 4.31. The summed E-state index contributed by atoms with van der Waals surface area (Å²) in [6.07, 6.45) is 0.903. The van der Waals surface area contributed by atoms with E-state index < -0.39 is 22.0 Å². The minimum Gasteiger partial charge on any atom is -0.496 e. The highest BCUT2D eigenvalue weighted by Gasteiger charge is 2.06. The summed E-state index contributed by atoms with van der Waals surface area (Å²) in [6, 6.07) is 3.70. The lowest BCUT2D eigenvalue weighted by Crippen LogP contribution is -1.97. The molecule has 0 spiro atoms. The molecule has 4 N–H and O–H groups in total. The van der Waals surface area contributed by atoms with E-state index in [0.29, 0.717) is 11.4 Å². The molecule has 21 heavy (non-hydrogen) atoms. The van der Waals surface area contributed by atoms with Crippen molar-refractivity contribution in [3.8, 4) is 11.5 Å². The van der Waals surface area contributed by atoms with E-state index in [-0.39, 0.29) is 0 Å². The summed E-state index contributed by atoms with van der Waals surface area (Å²) >= 11 is -0.750. The Morgan fingerprint density at radius 1 is 1.14 bits per heavy atom. The quantitative estimate of drug-likeness (QED) is 0.526. The van der Waals surface area contributed by atoms with Crippen molar-refractivity contribution in [3.63, 3.8) is 0 Å². The molecule has 122 valence electrons. The van der Waals surface area contributed by atoms with Crippen LogP contribution in [-0.4, -0.2) is 40.2 Å². The maximum Gasteiger partial charge on any atom is 0.394 e. The molecule has 0 unspecified atom stereocenters. The van der Waals surface area contributed by atoms with Gasteiger partial charge in [-0.1, -0.05) is 6.92 Å². The third-order valence-corrected chi connectivity index (χ3v) is 2.01. The van der Waals surface area contributed by atoms with Crippen LogP contribution in [0.2, 0.25) is 0 Å². The number of aryl methyl sites for hydroxylation is 1. The van der Waals surface area contributed by atoms with E-state index in [9.17, 15) is 0 Å². The van der Waals surface area contributed by atoms with Gasteiger partial charge in [-0.3, -0.25) is 9.11 Å². The Labute approximate surface area is 126 Å².